The van der Waals surface area contributed by atoms with Crippen molar-refractivity contribution in [3.05, 3.63) is 145 Å². The number of hydrogen-bond acceptors (Lipinski definition) is 3. The third-order valence-electron chi connectivity index (χ3n) is 10.3. The van der Waals surface area contributed by atoms with Crippen molar-refractivity contribution in [3.8, 4) is 28.6 Å². The van der Waals surface area contributed by atoms with Gasteiger partial charge in [-0.25, -0.2) is 4.98 Å². The van der Waals surface area contributed by atoms with Crippen molar-refractivity contribution in [2.75, 3.05) is 0 Å². The number of ether oxygens (including phenoxy) is 1. The van der Waals surface area contributed by atoms with Gasteiger partial charge in [0.2, 0.25) is 0 Å². The van der Waals surface area contributed by atoms with Gasteiger partial charge in [0.25, 0.3) is 0 Å². The van der Waals surface area contributed by atoms with E-state index in [4.69, 9.17) is 9.72 Å². The zero-order chi connectivity index (χ0) is 32.3. The van der Waals surface area contributed by atoms with Gasteiger partial charge in [-0.05, 0) is 59.4 Å². The topological polar surface area (TPSA) is 44.3 Å². The zero-order valence-electron chi connectivity index (χ0n) is 27.3. The molecule has 0 N–H and O–H groups in total. The summed E-state index contributed by atoms with van der Waals surface area (Å²) in [5.74, 6) is 2.66. The molecule has 0 bridgehead atoms. The van der Waals surface area contributed by atoms with Gasteiger partial charge >= 0.3 is 21.1 Å². The smallest absolute Gasteiger partial charge is 0.503 e. The van der Waals surface area contributed by atoms with Crippen LogP contribution in [0.5, 0.6) is 11.5 Å². The molecule has 1 fully saturated rings. The number of hydrogen-bond donors (Lipinski definition) is 0. The zero-order valence-corrected chi connectivity index (χ0v) is 29.5. The Labute approximate surface area is 304 Å². The minimum Gasteiger partial charge on any atom is -0.503 e. The summed E-state index contributed by atoms with van der Waals surface area (Å²) in [6, 6.07) is 47.3. The Bertz CT molecular complexity index is 2690. The maximum absolute atomic E-state index is 6.55. The van der Waals surface area contributed by atoms with Gasteiger partial charge in [-0.1, -0.05) is 108 Å². The Morgan fingerprint density at radius 1 is 0.620 bits per heavy atom. The molecule has 4 heterocycles. The van der Waals surface area contributed by atoms with Gasteiger partial charge in [0, 0.05) is 40.5 Å². The molecule has 9 aromatic rings. The van der Waals surface area contributed by atoms with E-state index in [2.05, 4.69) is 111 Å². The van der Waals surface area contributed by atoms with Crippen LogP contribution in [-0.4, -0.2) is 18.9 Å². The van der Waals surface area contributed by atoms with Crippen molar-refractivity contribution >= 4 is 49.1 Å². The Kier molecular flexibility index (Phi) is 7.74. The third kappa shape index (κ3) is 4.94. The molecule has 244 valence electrons. The van der Waals surface area contributed by atoms with Crippen LogP contribution in [0.15, 0.2) is 128 Å². The quantitative estimate of drug-likeness (QED) is 0.128. The Morgan fingerprint density at radius 2 is 1.32 bits per heavy atom. The van der Waals surface area contributed by atoms with Crippen molar-refractivity contribution in [3.63, 3.8) is 0 Å². The first kappa shape index (κ1) is 30.8. The first-order valence-corrected chi connectivity index (χ1v) is 17.2. The first-order chi connectivity index (χ1) is 24.3. The minimum atomic E-state index is 0. The molecule has 6 heteroatoms. The van der Waals surface area contributed by atoms with E-state index in [-0.39, 0.29) is 21.1 Å². The molecule has 1 aliphatic rings. The molecule has 1 aliphatic carbocycles. The second kappa shape index (κ2) is 12.6. The summed E-state index contributed by atoms with van der Waals surface area (Å²) < 4.78 is 11.0. The average molecular weight is 828 g/mol. The van der Waals surface area contributed by atoms with Crippen LogP contribution in [0.2, 0.25) is 0 Å². The average Bonchev–Trinajstić information content (AvgIpc) is 3.76. The van der Waals surface area contributed by atoms with Crippen molar-refractivity contribution < 1.29 is 25.8 Å². The molecule has 0 amide bonds. The van der Waals surface area contributed by atoms with Gasteiger partial charge in [0.05, 0.1) is 11.3 Å². The minimum absolute atomic E-state index is 0. The number of imidazole rings is 1. The van der Waals surface area contributed by atoms with Crippen molar-refractivity contribution in [2.24, 2.45) is 0 Å². The fraction of sp³-hybridized carbons (Fsp3) is 0.136. The maximum Gasteiger partial charge on any atom is 2.00 e. The SMILES string of the molecule is [Pt+2].[c-]1c(Oc2[c-]c3c(cc2)c2ccccc2n3-c2ccccn2)ccc2c1c1ncc(-c3ccccc3C3CCCCC3)n1c1ccccc21. The van der Waals surface area contributed by atoms with E-state index in [1.165, 1.54) is 43.2 Å². The number of benzene rings is 5. The van der Waals surface area contributed by atoms with Gasteiger partial charge in [-0.3, -0.25) is 4.98 Å². The third-order valence-corrected chi connectivity index (χ3v) is 10.3. The van der Waals surface area contributed by atoms with E-state index in [0.29, 0.717) is 17.4 Å². The summed E-state index contributed by atoms with van der Waals surface area (Å²) in [6.07, 6.45) is 10.3. The van der Waals surface area contributed by atoms with Crippen LogP contribution in [0.1, 0.15) is 43.6 Å². The van der Waals surface area contributed by atoms with Crippen molar-refractivity contribution in [1.82, 2.24) is 18.9 Å². The largest absolute Gasteiger partial charge is 2.00 e. The van der Waals surface area contributed by atoms with E-state index in [1.54, 1.807) is 0 Å². The summed E-state index contributed by atoms with van der Waals surface area (Å²) in [7, 11) is 0. The molecule has 0 radical (unpaired) electrons. The molecule has 0 atom stereocenters. The van der Waals surface area contributed by atoms with E-state index in [0.717, 1.165) is 60.6 Å². The number of rotatable bonds is 5. The molecule has 0 saturated heterocycles. The van der Waals surface area contributed by atoms with Gasteiger partial charge < -0.3 is 13.7 Å². The molecule has 5 aromatic carbocycles. The predicted molar refractivity (Wildman–Crippen MR) is 198 cm³/mol. The molecule has 50 heavy (non-hydrogen) atoms. The van der Waals surface area contributed by atoms with Crippen LogP contribution in [0.25, 0.3) is 66.2 Å². The van der Waals surface area contributed by atoms with Gasteiger partial charge in [0.1, 0.15) is 5.82 Å². The summed E-state index contributed by atoms with van der Waals surface area (Å²) in [4.78, 5) is 9.74. The first-order valence-electron chi connectivity index (χ1n) is 17.2. The second-order valence-corrected chi connectivity index (χ2v) is 13.1. The molecular formula is C44H32N4OPt. The molecule has 1 saturated carbocycles. The monoisotopic (exact) mass is 827 g/mol. The summed E-state index contributed by atoms with van der Waals surface area (Å²) >= 11 is 0. The van der Waals surface area contributed by atoms with Crippen LogP contribution >= 0.6 is 0 Å². The molecule has 0 spiro atoms. The standard InChI is InChI=1S/C44H32N4O.Pt/c1-2-12-29(13-3-1)32-14-4-5-15-34(32)42-28-46-44-38-26-30(21-23-33(38)35-16-6-9-19-40(35)48(42)44)49-31-22-24-37-36-17-7-8-18-39(36)47(41(37)27-31)43-20-10-11-25-45-43;/h4-11,14-25,28-29H,1-3,12-13H2;/q-2;+2. The van der Waals surface area contributed by atoms with Crippen LogP contribution in [-0.2, 0) is 21.1 Å². The molecule has 0 unspecified atom stereocenters. The number of nitrogens with zero attached hydrogens (tertiary/aromatic N) is 4. The van der Waals surface area contributed by atoms with Crippen molar-refractivity contribution in [1.29, 1.82) is 0 Å². The maximum atomic E-state index is 6.55. The van der Waals surface area contributed by atoms with Crippen LogP contribution in [0.3, 0.4) is 0 Å². The van der Waals surface area contributed by atoms with E-state index < -0.39 is 0 Å². The van der Waals surface area contributed by atoms with Crippen LogP contribution in [0.4, 0.5) is 0 Å². The summed E-state index contributed by atoms with van der Waals surface area (Å²) in [5.41, 5.74) is 7.84. The summed E-state index contributed by atoms with van der Waals surface area (Å²) in [5, 5.41) is 5.44. The predicted octanol–water partition coefficient (Wildman–Crippen LogP) is 11.2. The molecule has 5 nitrogen and oxygen atoms in total. The van der Waals surface area contributed by atoms with Gasteiger partial charge in [-0.15, -0.1) is 29.7 Å². The van der Waals surface area contributed by atoms with E-state index >= 15 is 0 Å². The van der Waals surface area contributed by atoms with Crippen LogP contribution in [0, 0.1) is 12.1 Å². The Hall–Kier alpha value is -5.25. The van der Waals surface area contributed by atoms with Crippen LogP contribution < -0.4 is 4.74 Å². The van der Waals surface area contributed by atoms with Gasteiger partial charge in [0.15, 0.2) is 0 Å². The van der Waals surface area contributed by atoms with E-state index in [9.17, 15) is 0 Å². The Balaban J connectivity index is 0.00000336. The molecular weight excluding hydrogens is 796 g/mol. The fourth-order valence-electron chi connectivity index (χ4n) is 8.07. The number of aromatic nitrogens is 4. The normalized spacial score (nSPS) is 13.8. The number of para-hydroxylation sites is 2. The molecule has 0 aliphatic heterocycles. The summed E-state index contributed by atoms with van der Waals surface area (Å²) in [6.45, 7) is 0. The van der Waals surface area contributed by atoms with Gasteiger partial charge in [-0.2, -0.15) is 6.07 Å². The number of fused-ring (bicyclic) bond motifs is 9. The Morgan fingerprint density at radius 3 is 2.14 bits per heavy atom. The number of pyridine rings is 2. The second-order valence-electron chi connectivity index (χ2n) is 13.1. The van der Waals surface area contributed by atoms with E-state index in [1.807, 2.05) is 42.7 Å². The molecule has 10 rings (SSSR count). The molecule has 4 aromatic heterocycles. The van der Waals surface area contributed by atoms with Crippen molar-refractivity contribution in [2.45, 2.75) is 38.0 Å². The fourth-order valence-corrected chi connectivity index (χ4v) is 8.07.